The number of anilines is 1. The molecule has 0 saturated heterocycles. The summed E-state index contributed by atoms with van der Waals surface area (Å²) in [4.78, 5) is 37.2. The Balaban J connectivity index is 1.70. The number of rotatable bonds is 6. The van der Waals surface area contributed by atoms with E-state index in [0.29, 0.717) is 5.69 Å². The van der Waals surface area contributed by atoms with Gasteiger partial charge in [0.25, 0.3) is 5.91 Å². The SMILES string of the molecule is COC(=O)c1cc(NC(=O)c2cnn(-c3cccc(C(F)(F)F)c3)c2C2CC2)cc(C(=O)OC)c1. The molecule has 1 aromatic heterocycles. The number of nitrogens with one attached hydrogen (secondary N) is 1. The molecule has 0 aliphatic heterocycles. The fraction of sp³-hybridized carbons (Fsp3) is 0.250. The molecule has 1 aliphatic rings. The first-order valence-electron chi connectivity index (χ1n) is 10.5. The molecule has 1 N–H and O–H groups in total. The molecule has 1 aliphatic carbocycles. The molecule has 0 bridgehead atoms. The maximum Gasteiger partial charge on any atom is 0.416 e. The third kappa shape index (κ3) is 5.03. The molecule has 3 aromatic rings. The van der Waals surface area contributed by atoms with E-state index in [1.54, 1.807) is 0 Å². The van der Waals surface area contributed by atoms with Crippen molar-refractivity contribution in [2.45, 2.75) is 24.9 Å². The number of nitrogens with zero attached hydrogens (tertiary/aromatic N) is 2. The van der Waals surface area contributed by atoms with Gasteiger partial charge in [0, 0.05) is 11.6 Å². The Morgan fingerprint density at radius 3 is 2.17 bits per heavy atom. The predicted octanol–water partition coefficient (Wildman–Crippen LogP) is 4.59. The summed E-state index contributed by atoms with van der Waals surface area (Å²) >= 11 is 0. The Morgan fingerprint density at radius 2 is 1.63 bits per heavy atom. The summed E-state index contributed by atoms with van der Waals surface area (Å²) in [5.74, 6) is -2.08. The Kier molecular flexibility index (Phi) is 6.33. The van der Waals surface area contributed by atoms with Crippen LogP contribution in [0.15, 0.2) is 48.7 Å². The molecule has 182 valence electrons. The maximum atomic E-state index is 13.2. The number of aromatic nitrogens is 2. The van der Waals surface area contributed by atoms with E-state index in [1.165, 1.54) is 55.4 Å². The van der Waals surface area contributed by atoms with E-state index in [4.69, 9.17) is 9.47 Å². The predicted molar refractivity (Wildman–Crippen MR) is 118 cm³/mol. The van der Waals surface area contributed by atoms with Gasteiger partial charge in [0.1, 0.15) is 0 Å². The van der Waals surface area contributed by atoms with E-state index in [1.807, 2.05) is 0 Å². The van der Waals surface area contributed by atoms with E-state index in [-0.39, 0.29) is 34.0 Å². The summed E-state index contributed by atoms with van der Waals surface area (Å²) in [6.07, 6.45) is -1.72. The molecule has 35 heavy (non-hydrogen) atoms. The molecule has 11 heteroatoms. The summed E-state index contributed by atoms with van der Waals surface area (Å²) in [7, 11) is 2.35. The second-order valence-electron chi connectivity index (χ2n) is 7.91. The normalized spacial score (nSPS) is 13.3. The van der Waals surface area contributed by atoms with Crippen molar-refractivity contribution in [2.75, 3.05) is 19.5 Å². The summed E-state index contributed by atoms with van der Waals surface area (Å²) in [6.45, 7) is 0. The van der Waals surface area contributed by atoms with Crippen LogP contribution < -0.4 is 5.32 Å². The van der Waals surface area contributed by atoms with Crippen molar-refractivity contribution in [3.63, 3.8) is 0 Å². The van der Waals surface area contributed by atoms with Crippen LogP contribution >= 0.6 is 0 Å². The van der Waals surface area contributed by atoms with Crippen LogP contribution in [0.5, 0.6) is 0 Å². The largest absolute Gasteiger partial charge is 0.465 e. The van der Waals surface area contributed by atoms with Crippen molar-refractivity contribution in [3.05, 3.63) is 76.6 Å². The third-order valence-electron chi connectivity index (χ3n) is 5.47. The zero-order valence-electron chi connectivity index (χ0n) is 18.7. The molecule has 2 aromatic carbocycles. The van der Waals surface area contributed by atoms with Gasteiger partial charge in [-0.25, -0.2) is 14.3 Å². The fourth-order valence-electron chi connectivity index (χ4n) is 3.67. The molecule has 8 nitrogen and oxygen atoms in total. The second-order valence-corrected chi connectivity index (χ2v) is 7.91. The van der Waals surface area contributed by atoms with Crippen LogP contribution in [0.3, 0.4) is 0 Å². The Morgan fingerprint density at radius 1 is 1.00 bits per heavy atom. The van der Waals surface area contributed by atoms with Gasteiger partial charge in [-0.3, -0.25) is 4.79 Å². The number of benzene rings is 2. The van der Waals surface area contributed by atoms with Gasteiger partial charge in [0.15, 0.2) is 0 Å². The lowest BCUT2D eigenvalue weighted by molar-refractivity contribution is -0.137. The third-order valence-corrected chi connectivity index (χ3v) is 5.47. The van der Waals surface area contributed by atoms with Gasteiger partial charge in [-0.2, -0.15) is 18.3 Å². The average Bonchev–Trinajstić information content (AvgIpc) is 3.59. The highest BCUT2D eigenvalue weighted by atomic mass is 19.4. The molecule has 1 fully saturated rings. The van der Waals surface area contributed by atoms with Crippen molar-refractivity contribution in [3.8, 4) is 5.69 Å². The highest BCUT2D eigenvalue weighted by Gasteiger charge is 2.34. The van der Waals surface area contributed by atoms with Gasteiger partial charge in [0.05, 0.1) is 54.1 Å². The first-order valence-corrected chi connectivity index (χ1v) is 10.5. The van der Waals surface area contributed by atoms with Crippen LogP contribution in [0, 0.1) is 0 Å². The topological polar surface area (TPSA) is 99.5 Å². The Hall–Kier alpha value is -4.15. The molecular weight excluding hydrogens is 467 g/mol. The zero-order chi connectivity index (χ0) is 25.3. The number of hydrogen-bond donors (Lipinski definition) is 1. The number of methoxy groups -OCH3 is 2. The monoisotopic (exact) mass is 487 g/mol. The number of ether oxygens (including phenoxy) is 2. The van der Waals surface area contributed by atoms with E-state index >= 15 is 0 Å². The van der Waals surface area contributed by atoms with Crippen molar-refractivity contribution in [1.29, 1.82) is 0 Å². The number of carbonyl (C=O) groups is 3. The minimum atomic E-state index is -4.52. The lowest BCUT2D eigenvalue weighted by Crippen LogP contribution is -2.16. The summed E-state index contributed by atoms with van der Waals surface area (Å²) < 4.78 is 50.3. The van der Waals surface area contributed by atoms with Crippen molar-refractivity contribution in [1.82, 2.24) is 9.78 Å². The Bertz CT molecular complexity index is 1280. The number of alkyl halides is 3. The number of esters is 2. The van der Waals surface area contributed by atoms with Crippen LogP contribution in [-0.4, -0.2) is 41.8 Å². The van der Waals surface area contributed by atoms with Crippen LogP contribution in [0.2, 0.25) is 0 Å². The summed E-state index contributed by atoms with van der Waals surface area (Å²) in [5.41, 5.74) is 0.189. The summed E-state index contributed by atoms with van der Waals surface area (Å²) in [5, 5.41) is 6.82. The second kappa shape index (κ2) is 9.24. The van der Waals surface area contributed by atoms with Gasteiger partial charge in [-0.05, 0) is 49.2 Å². The Labute approximate surface area is 197 Å². The quantitative estimate of drug-likeness (QED) is 0.511. The van der Waals surface area contributed by atoms with Gasteiger partial charge in [-0.15, -0.1) is 0 Å². The van der Waals surface area contributed by atoms with E-state index < -0.39 is 29.6 Å². The van der Waals surface area contributed by atoms with Gasteiger partial charge >= 0.3 is 18.1 Å². The van der Waals surface area contributed by atoms with Crippen LogP contribution in [0.1, 0.15) is 61.1 Å². The minimum Gasteiger partial charge on any atom is -0.465 e. The molecule has 0 atom stereocenters. The summed E-state index contributed by atoms with van der Waals surface area (Å²) in [6, 6.07) is 8.65. The maximum absolute atomic E-state index is 13.2. The van der Waals surface area contributed by atoms with Crippen molar-refractivity contribution in [2.24, 2.45) is 0 Å². The van der Waals surface area contributed by atoms with E-state index in [2.05, 4.69) is 10.4 Å². The number of hydrogen-bond acceptors (Lipinski definition) is 6. The molecular formula is C24H20F3N3O5. The molecule has 0 unspecified atom stereocenters. The fourth-order valence-corrected chi connectivity index (χ4v) is 3.67. The minimum absolute atomic E-state index is 0.0211. The van der Waals surface area contributed by atoms with Gasteiger partial charge < -0.3 is 14.8 Å². The molecule has 0 radical (unpaired) electrons. The lowest BCUT2D eigenvalue weighted by Gasteiger charge is -2.13. The van der Waals surface area contributed by atoms with Crippen LogP contribution in [0.4, 0.5) is 18.9 Å². The average molecular weight is 487 g/mol. The molecule has 1 saturated carbocycles. The number of amides is 1. The van der Waals surface area contributed by atoms with Crippen molar-refractivity contribution >= 4 is 23.5 Å². The number of carbonyl (C=O) groups excluding carboxylic acids is 3. The molecule has 1 amide bonds. The van der Waals surface area contributed by atoms with Gasteiger partial charge in [-0.1, -0.05) is 6.07 Å². The first kappa shape index (κ1) is 24.0. The number of halogens is 3. The highest BCUT2D eigenvalue weighted by molar-refractivity contribution is 6.06. The zero-order valence-corrected chi connectivity index (χ0v) is 18.7. The van der Waals surface area contributed by atoms with Crippen molar-refractivity contribution < 1.29 is 37.0 Å². The molecule has 1 heterocycles. The van der Waals surface area contributed by atoms with E-state index in [9.17, 15) is 27.6 Å². The standard InChI is InChI=1S/C24H20F3N3O5/c1-34-22(32)14-8-15(23(33)35-2)10-17(9-14)29-21(31)19-12-28-30(20(19)13-6-7-13)18-5-3-4-16(11-18)24(25,26)27/h3-5,8-13H,6-7H2,1-2H3,(H,29,31). The lowest BCUT2D eigenvalue weighted by atomic mass is 10.1. The van der Waals surface area contributed by atoms with Crippen LogP contribution in [-0.2, 0) is 15.7 Å². The smallest absolute Gasteiger partial charge is 0.416 e. The highest BCUT2D eigenvalue weighted by Crippen LogP contribution is 2.43. The first-order chi connectivity index (χ1) is 16.6. The van der Waals surface area contributed by atoms with Crippen LogP contribution in [0.25, 0.3) is 5.69 Å². The van der Waals surface area contributed by atoms with Gasteiger partial charge in [0.2, 0.25) is 0 Å². The molecule has 4 rings (SSSR count). The van der Waals surface area contributed by atoms with E-state index in [0.717, 1.165) is 25.0 Å². The molecule has 0 spiro atoms.